The third-order valence-electron chi connectivity index (χ3n) is 4.48. The van der Waals surface area contributed by atoms with Crippen molar-refractivity contribution in [2.24, 2.45) is 10.7 Å². The van der Waals surface area contributed by atoms with E-state index in [0.29, 0.717) is 37.4 Å². The quantitative estimate of drug-likeness (QED) is 0.235. The molecule has 9 heteroatoms. The zero-order chi connectivity index (χ0) is 23.2. The number of hydrogen-bond acceptors (Lipinski definition) is 7. The SMILES string of the molecule is C\C=C/C(=C\C=C\C(=O)NCC)N/C(CCC1=NCN(C)N1)=C(\N)C(=O)NC(C)CC. The van der Waals surface area contributed by atoms with E-state index in [9.17, 15) is 9.59 Å². The van der Waals surface area contributed by atoms with Gasteiger partial charge in [0.2, 0.25) is 5.91 Å². The predicted octanol–water partition coefficient (Wildman–Crippen LogP) is 1.40. The Balaban J connectivity index is 3.06. The smallest absolute Gasteiger partial charge is 0.269 e. The predicted molar refractivity (Wildman–Crippen MR) is 125 cm³/mol. The molecule has 1 unspecified atom stereocenters. The fourth-order valence-electron chi connectivity index (χ4n) is 2.63. The first-order chi connectivity index (χ1) is 14.8. The third-order valence-corrected chi connectivity index (χ3v) is 4.48. The van der Waals surface area contributed by atoms with Crippen LogP contribution in [-0.4, -0.2) is 49.0 Å². The summed E-state index contributed by atoms with van der Waals surface area (Å²) in [7, 11) is 1.91. The van der Waals surface area contributed by atoms with Crippen molar-refractivity contribution in [1.82, 2.24) is 26.4 Å². The average Bonchev–Trinajstić information content (AvgIpc) is 3.15. The average molecular weight is 432 g/mol. The van der Waals surface area contributed by atoms with Crippen molar-refractivity contribution in [3.05, 3.63) is 47.5 Å². The van der Waals surface area contributed by atoms with Gasteiger partial charge in [-0.15, -0.1) is 0 Å². The molecule has 0 aromatic carbocycles. The maximum Gasteiger partial charge on any atom is 0.269 e. The maximum absolute atomic E-state index is 12.6. The van der Waals surface area contributed by atoms with Crippen LogP contribution in [0.2, 0.25) is 0 Å². The van der Waals surface area contributed by atoms with E-state index >= 15 is 0 Å². The minimum Gasteiger partial charge on any atom is -0.393 e. The minimum absolute atomic E-state index is 0.0207. The van der Waals surface area contributed by atoms with Crippen molar-refractivity contribution >= 4 is 17.6 Å². The van der Waals surface area contributed by atoms with Gasteiger partial charge in [0.25, 0.3) is 5.91 Å². The van der Waals surface area contributed by atoms with Crippen molar-refractivity contribution in [3.63, 3.8) is 0 Å². The lowest BCUT2D eigenvalue weighted by Crippen LogP contribution is -2.37. The fourth-order valence-corrected chi connectivity index (χ4v) is 2.63. The van der Waals surface area contributed by atoms with Gasteiger partial charge >= 0.3 is 0 Å². The number of nitrogens with zero attached hydrogens (tertiary/aromatic N) is 2. The van der Waals surface area contributed by atoms with E-state index in [2.05, 4.69) is 26.4 Å². The highest BCUT2D eigenvalue weighted by atomic mass is 16.2. The summed E-state index contributed by atoms with van der Waals surface area (Å²) in [6, 6.07) is 0.0207. The molecule has 31 heavy (non-hydrogen) atoms. The molecule has 0 fully saturated rings. The molecule has 1 rings (SSSR count). The summed E-state index contributed by atoms with van der Waals surface area (Å²) in [5, 5.41) is 10.7. The normalized spacial score (nSPS) is 16.7. The first-order valence-electron chi connectivity index (χ1n) is 10.7. The Morgan fingerprint density at radius 3 is 2.65 bits per heavy atom. The summed E-state index contributed by atoms with van der Waals surface area (Å²) in [6.07, 6.45) is 10.5. The van der Waals surface area contributed by atoms with Crippen LogP contribution in [0.1, 0.15) is 47.0 Å². The number of amides is 2. The lowest BCUT2D eigenvalue weighted by molar-refractivity contribution is -0.118. The first-order valence-corrected chi connectivity index (χ1v) is 10.7. The van der Waals surface area contributed by atoms with Crippen molar-refractivity contribution in [3.8, 4) is 0 Å². The molecule has 9 nitrogen and oxygen atoms in total. The van der Waals surface area contributed by atoms with Crippen LogP contribution in [0.3, 0.4) is 0 Å². The monoisotopic (exact) mass is 431 g/mol. The van der Waals surface area contributed by atoms with Gasteiger partial charge in [-0.3, -0.25) is 14.6 Å². The Hall–Kier alpha value is -3.07. The molecule has 0 aromatic rings. The van der Waals surface area contributed by atoms with Gasteiger partial charge in [0.05, 0.1) is 0 Å². The number of allylic oxidation sites excluding steroid dienone is 5. The zero-order valence-corrected chi connectivity index (χ0v) is 19.3. The van der Waals surface area contributed by atoms with Gasteiger partial charge in [0.15, 0.2) is 0 Å². The molecule has 0 bridgehead atoms. The number of carbonyl (C=O) groups is 2. The first kappa shape index (κ1) is 26.0. The molecule has 172 valence electrons. The van der Waals surface area contributed by atoms with Crippen molar-refractivity contribution in [1.29, 1.82) is 0 Å². The Labute approximate surface area is 185 Å². The Kier molecular flexibility index (Phi) is 11.7. The largest absolute Gasteiger partial charge is 0.393 e. The second-order valence-corrected chi connectivity index (χ2v) is 7.23. The summed E-state index contributed by atoms with van der Waals surface area (Å²) < 4.78 is 0. The van der Waals surface area contributed by atoms with E-state index in [4.69, 9.17) is 5.73 Å². The molecule has 2 amide bonds. The number of carbonyl (C=O) groups excluding carboxylic acids is 2. The lowest BCUT2D eigenvalue weighted by Gasteiger charge is -2.18. The summed E-state index contributed by atoms with van der Waals surface area (Å²) in [5.74, 6) is 0.355. The van der Waals surface area contributed by atoms with Crippen LogP contribution in [0.4, 0.5) is 0 Å². The van der Waals surface area contributed by atoms with Gasteiger partial charge in [-0.1, -0.05) is 19.1 Å². The van der Waals surface area contributed by atoms with Gasteiger partial charge in [0, 0.05) is 43.5 Å². The van der Waals surface area contributed by atoms with Crippen molar-refractivity contribution < 1.29 is 9.59 Å². The van der Waals surface area contributed by atoms with E-state index in [0.717, 1.165) is 12.3 Å². The summed E-state index contributed by atoms with van der Waals surface area (Å²) in [5.41, 5.74) is 10.8. The highest BCUT2D eigenvalue weighted by Gasteiger charge is 2.17. The Bertz CT molecular complexity index is 766. The molecule has 0 aromatic heterocycles. The number of aliphatic imine (C=N–C) groups is 1. The van der Waals surface area contributed by atoms with Crippen molar-refractivity contribution in [2.45, 2.75) is 53.0 Å². The standard InChI is InChI=1S/C22H37N7O2/c1-6-10-17(11-9-12-20(30)24-8-3)27-18(13-14-19-25-15-29(5)28-19)21(23)22(31)26-16(4)7-2/h6,9-12,16,27H,7-8,13-15,23H2,1-5H3,(H,24,30)(H,25,28)(H,26,31)/b10-6-,12-9+,17-11+,21-18-. The second kappa shape index (κ2) is 14.0. The van der Waals surface area contributed by atoms with Gasteiger partial charge < -0.3 is 27.1 Å². The molecular formula is C22H37N7O2. The number of hydrazine groups is 1. The lowest BCUT2D eigenvalue weighted by atomic mass is 10.1. The number of likely N-dealkylation sites (N-methyl/N-ethyl adjacent to an activating group) is 1. The van der Waals surface area contributed by atoms with E-state index < -0.39 is 0 Å². The summed E-state index contributed by atoms with van der Waals surface area (Å²) in [6.45, 7) is 8.83. The maximum atomic E-state index is 12.6. The molecule has 1 aliphatic rings. The molecule has 0 spiro atoms. The van der Waals surface area contributed by atoms with E-state index in [-0.39, 0.29) is 23.6 Å². The molecule has 1 heterocycles. The van der Waals surface area contributed by atoms with Gasteiger partial charge in [-0.2, -0.15) is 0 Å². The molecule has 0 saturated carbocycles. The zero-order valence-electron chi connectivity index (χ0n) is 19.3. The number of nitrogens with two attached hydrogens (primary N) is 1. The number of hydrogen-bond donors (Lipinski definition) is 5. The van der Waals surface area contributed by atoms with Crippen LogP contribution in [-0.2, 0) is 9.59 Å². The van der Waals surface area contributed by atoms with Crippen LogP contribution in [0.5, 0.6) is 0 Å². The van der Waals surface area contributed by atoms with Crippen LogP contribution in [0.15, 0.2) is 52.5 Å². The van der Waals surface area contributed by atoms with Crippen LogP contribution < -0.4 is 27.1 Å². The molecule has 1 aliphatic heterocycles. The van der Waals surface area contributed by atoms with Gasteiger partial charge in [0.1, 0.15) is 18.2 Å². The van der Waals surface area contributed by atoms with Crippen LogP contribution in [0, 0.1) is 0 Å². The molecular weight excluding hydrogens is 394 g/mol. The second-order valence-electron chi connectivity index (χ2n) is 7.23. The fraction of sp³-hybridized carbons (Fsp3) is 0.500. The molecule has 6 N–H and O–H groups in total. The molecule has 0 radical (unpaired) electrons. The molecule has 1 atom stereocenters. The van der Waals surface area contributed by atoms with Gasteiger partial charge in [-0.25, -0.2) is 5.01 Å². The highest BCUT2D eigenvalue weighted by Crippen LogP contribution is 2.11. The highest BCUT2D eigenvalue weighted by molar-refractivity contribution is 5.93. The van der Waals surface area contributed by atoms with Crippen LogP contribution >= 0.6 is 0 Å². The third kappa shape index (κ3) is 9.99. The van der Waals surface area contributed by atoms with E-state index in [1.54, 1.807) is 12.2 Å². The Morgan fingerprint density at radius 2 is 2.06 bits per heavy atom. The molecule has 0 saturated heterocycles. The van der Waals surface area contributed by atoms with Crippen LogP contribution in [0.25, 0.3) is 0 Å². The van der Waals surface area contributed by atoms with E-state index in [1.165, 1.54) is 6.08 Å². The van der Waals surface area contributed by atoms with Crippen molar-refractivity contribution in [2.75, 3.05) is 20.3 Å². The number of amidine groups is 1. The number of rotatable bonds is 12. The van der Waals surface area contributed by atoms with Gasteiger partial charge in [-0.05, 0) is 45.8 Å². The summed E-state index contributed by atoms with van der Waals surface area (Å²) in [4.78, 5) is 28.7. The minimum atomic E-state index is -0.312. The topological polar surface area (TPSA) is 124 Å². The van der Waals surface area contributed by atoms with E-state index in [1.807, 2.05) is 51.9 Å². The Morgan fingerprint density at radius 1 is 1.32 bits per heavy atom. The number of nitrogens with one attached hydrogen (secondary N) is 4. The molecule has 0 aliphatic carbocycles. The summed E-state index contributed by atoms with van der Waals surface area (Å²) >= 11 is 0.